The molecule has 3 saturated carbocycles. The lowest BCUT2D eigenvalue weighted by Crippen LogP contribution is -2.64. The molecule has 2 bridgehead atoms. The highest BCUT2D eigenvalue weighted by molar-refractivity contribution is 5.55. The van der Waals surface area contributed by atoms with Crippen molar-refractivity contribution >= 4 is 0 Å². The molecule has 3 fully saturated rings. The van der Waals surface area contributed by atoms with E-state index < -0.39 is 11.1 Å². The third-order valence-electron chi connectivity index (χ3n) is 5.41. The van der Waals surface area contributed by atoms with Crippen molar-refractivity contribution in [3.05, 3.63) is 69.4 Å². The Kier molecular flexibility index (Phi) is 2.89. The Morgan fingerprint density at radius 1 is 1.20 bits per heavy atom. The minimum Gasteiger partial charge on any atom is -0.356 e. The summed E-state index contributed by atoms with van der Waals surface area (Å²) < 4.78 is 8.33. The molecule has 0 N–H and O–H groups in total. The standard InChI is InChI=1S/C18H16N4O3/c23-16-17(24)22(18-7-12(8-18)9-18)5-4-21(16)11-14-6-15(25-20-14)13-2-1-3-19-10-13/h1-6,10,12H,7-9,11H2. The van der Waals surface area contributed by atoms with E-state index in [4.69, 9.17) is 4.52 Å². The van der Waals surface area contributed by atoms with E-state index in [-0.39, 0.29) is 12.1 Å². The summed E-state index contributed by atoms with van der Waals surface area (Å²) >= 11 is 0. The first kappa shape index (κ1) is 14.4. The summed E-state index contributed by atoms with van der Waals surface area (Å²) in [5.41, 5.74) is 0.354. The van der Waals surface area contributed by atoms with Crippen molar-refractivity contribution in [1.82, 2.24) is 19.3 Å². The number of aromatic nitrogens is 4. The Balaban J connectivity index is 1.43. The lowest BCUT2D eigenvalue weighted by Gasteiger charge is -2.62. The topological polar surface area (TPSA) is 82.9 Å². The van der Waals surface area contributed by atoms with Gasteiger partial charge in [0.15, 0.2) is 5.76 Å². The van der Waals surface area contributed by atoms with Crippen LogP contribution in [0.3, 0.4) is 0 Å². The highest BCUT2D eigenvalue weighted by atomic mass is 16.5. The molecule has 6 rings (SSSR count). The van der Waals surface area contributed by atoms with Gasteiger partial charge in [-0.15, -0.1) is 0 Å². The van der Waals surface area contributed by atoms with Gasteiger partial charge in [0.2, 0.25) is 0 Å². The van der Waals surface area contributed by atoms with Gasteiger partial charge in [-0.1, -0.05) is 5.16 Å². The van der Waals surface area contributed by atoms with Gasteiger partial charge in [0.25, 0.3) is 0 Å². The number of pyridine rings is 1. The SMILES string of the molecule is O=c1c(=O)n(C23CC(C2)C3)ccn1Cc1cc(-c2cccnc2)on1. The van der Waals surface area contributed by atoms with Gasteiger partial charge in [-0.3, -0.25) is 14.6 Å². The zero-order valence-electron chi connectivity index (χ0n) is 13.5. The van der Waals surface area contributed by atoms with Gasteiger partial charge in [0.05, 0.1) is 6.54 Å². The first-order valence-corrected chi connectivity index (χ1v) is 8.33. The van der Waals surface area contributed by atoms with Crippen LogP contribution >= 0.6 is 0 Å². The molecule has 3 aromatic rings. The Hall–Kier alpha value is -2.96. The Morgan fingerprint density at radius 2 is 2.04 bits per heavy atom. The van der Waals surface area contributed by atoms with E-state index in [1.165, 1.54) is 4.57 Å². The van der Waals surface area contributed by atoms with Crippen LogP contribution in [-0.4, -0.2) is 19.3 Å². The van der Waals surface area contributed by atoms with Crippen LogP contribution in [0, 0.1) is 5.92 Å². The fraction of sp³-hybridized carbons (Fsp3) is 0.333. The quantitative estimate of drug-likeness (QED) is 0.676. The average Bonchev–Trinajstić information content (AvgIpc) is 3.01. The number of hydrogen-bond donors (Lipinski definition) is 0. The third-order valence-corrected chi connectivity index (χ3v) is 5.41. The molecule has 0 atom stereocenters. The number of rotatable bonds is 4. The highest BCUT2D eigenvalue weighted by Gasteiger charge is 2.58. The maximum absolute atomic E-state index is 12.4. The molecule has 0 saturated heterocycles. The molecule has 0 aliphatic heterocycles. The summed E-state index contributed by atoms with van der Waals surface area (Å²) in [5, 5.41) is 3.99. The molecule has 25 heavy (non-hydrogen) atoms. The predicted molar refractivity (Wildman–Crippen MR) is 89.1 cm³/mol. The minimum atomic E-state index is -0.516. The van der Waals surface area contributed by atoms with E-state index in [9.17, 15) is 9.59 Å². The van der Waals surface area contributed by atoms with Crippen LogP contribution < -0.4 is 11.1 Å². The van der Waals surface area contributed by atoms with Crippen molar-refractivity contribution < 1.29 is 4.52 Å². The average molecular weight is 336 g/mol. The molecule has 7 nitrogen and oxygen atoms in total. The zero-order chi connectivity index (χ0) is 17.0. The second-order valence-electron chi connectivity index (χ2n) is 7.03. The fourth-order valence-electron chi connectivity index (χ4n) is 3.94. The molecule has 7 heteroatoms. The van der Waals surface area contributed by atoms with Gasteiger partial charge >= 0.3 is 11.1 Å². The maximum Gasteiger partial charge on any atom is 0.316 e. The maximum atomic E-state index is 12.4. The monoisotopic (exact) mass is 336 g/mol. The molecule has 3 aliphatic carbocycles. The smallest absolute Gasteiger partial charge is 0.316 e. The van der Waals surface area contributed by atoms with Crippen LogP contribution in [0.2, 0.25) is 0 Å². The van der Waals surface area contributed by atoms with Crippen molar-refractivity contribution in [3.8, 4) is 11.3 Å². The van der Waals surface area contributed by atoms with Gasteiger partial charge < -0.3 is 13.7 Å². The fourth-order valence-corrected chi connectivity index (χ4v) is 3.94. The molecule has 3 aliphatic rings. The molecule has 0 radical (unpaired) electrons. The highest BCUT2D eigenvalue weighted by Crippen LogP contribution is 2.61. The molecule has 126 valence electrons. The first-order chi connectivity index (χ1) is 12.1. The molecular weight excluding hydrogens is 320 g/mol. The van der Waals surface area contributed by atoms with Gasteiger partial charge in [0, 0.05) is 42.0 Å². The van der Waals surface area contributed by atoms with E-state index in [1.807, 2.05) is 12.1 Å². The van der Waals surface area contributed by atoms with E-state index in [0.717, 1.165) is 30.7 Å². The summed E-state index contributed by atoms with van der Waals surface area (Å²) in [4.78, 5) is 28.9. The van der Waals surface area contributed by atoms with Crippen molar-refractivity contribution in [2.45, 2.75) is 31.3 Å². The van der Waals surface area contributed by atoms with Crippen molar-refractivity contribution in [2.75, 3.05) is 0 Å². The Bertz CT molecular complexity index is 1050. The lowest BCUT2D eigenvalue weighted by atomic mass is 9.49. The van der Waals surface area contributed by atoms with E-state index in [1.54, 1.807) is 35.4 Å². The molecule has 0 amide bonds. The van der Waals surface area contributed by atoms with Crippen molar-refractivity contribution in [3.63, 3.8) is 0 Å². The Morgan fingerprint density at radius 3 is 2.72 bits per heavy atom. The van der Waals surface area contributed by atoms with Crippen LogP contribution in [0.4, 0.5) is 0 Å². The largest absolute Gasteiger partial charge is 0.356 e. The predicted octanol–water partition coefficient (Wildman–Crippen LogP) is 1.62. The second-order valence-corrected chi connectivity index (χ2v) is 7.03. The zero-order valence-corrected chi connectivity index (χ0v) is 13.5. The lowest BCUT2D eigenvalue weighted by molar-refractivity contribution is -0.0919. The summed E-state index contributed by atoms with van der Waals surface area (Å²) in [6.45, 7) is 0.203. The van der Waals surface area contributed by atoms with Crippen molar-refractivity contribution in [2.24, 2.45) is 5.92 Å². The van der Waals surface area contributed by atoms with E-state index in [0.29, 0.717) is 11.5 Å². The van der Waals surface area contributed by atoms with Crippen LogP contribution in [0.15, 0.2) is 57.1 Å². The van der Waals surface area contributed by atoms with Gasteiger partial charge in [0.1, 0.15) is 5.69 Å². The van der Waals surface area contributed by atoms with Gasteiger partial charge in [-0.25, -0.2) is 0 Å². The normalized spacial score (nSPS) is 23.8. The summed E-state index contributed by atoms with van der Waals surface area (Å²) in [6.07, 6.45) is 9.84. The third kappa shape index (κ3) is 2.12. The van der Waals surface area contributed by atoms with Crippen LogP contribution in [0.25, 0.3) is 11.3 Å². The van der Waals surface area contributed by atoms with Crippen LogP contribution in [0.1, 0.15) is 25.0 Å². The number of nitrogens with zero attached hydrogens (tertiary/aromatic N) is 4. The summed E-state index contributed by atoms with van der Waals surface area (Å²) in [6, 6.07) is 5.44. The Labute approximate surface area is 142 Å². The van der Waals surface area contributed by atoms with Gasteiger partial charge in [-0.2, -0.15) is 0 Å². The van der Waals surface area contributed by atoms with Crippen molar-refractivity contribution in [1.29, 1.82) is 0 Å². The molecule has 0 aromatic carbocycles. The van der Waals surface area contributed by atoms with Crippen LogP contribution in [-0.2, 0) is 12.1 Å². The number of hydrogen-bond acceptors (Lipinski definition) is 5. The van der Waals surface area contributed by atoms with Crippen LogP contribution in [0.5, 0.6) is 0 Å². The minimum absolute atomic E-state index is 0.0820. The van der Waals surface area contributed by atoms with E-state index in [2.05, 4.69) is 10.1 Å². The molecule has 0 spiro atoms. The molecular formula is C18H16N4O3. The van der Waals surface area contributed by atoms with E-state index >= 15 is 0 Å². The molecule has 3 aromatic heterocycles. The summed E-state index contributed by atoms with van der Waals surface area (Å²) in [7, 11) is 0. The summed E-state index contributed by atoms with van der Waals surface area (Å²) in [5.74, 6) is 1.33. The molecule has 3 heterocycles. The first-order valence-electron chi connectivity index (χ1n) is 8.33. The molecule has 0 unspecified atom stereocenters. The van der Waals surface area contributed by atoms with Gasteiger partial charge in [-0.05, 0) is 37.3 Å². The second kappa shape index (κ2) is 5.02.